The van der Waals surface area contributed by atoms with Crippen molar-refractivity contribution >= 4 is 45.7 Å². The second kappa shape index (κ2) is 12.0. The molecule has 0 saturated heterocycles. The number of carbonyl (C=O) groups is 2. The van der Waals surface area contributed by atoms with E-state index in [1.807, 2.05) is 61.6 Å². The minimum Gasteiger partial charge on any atom is -0.346 e. The minimum absolute atomic E-state index is 0.224. The van der Waals surface area contributed by atoms with Gasteiger partial charge < -0.3 is 25.8 Å². The Morgan fingerprint density at radius 1 is 0.900 bits per heavy atom. The predicted octanol–water partition coefficient (Wildman–Crippen LogP) is 5.07. The standard InChI is InChI=1S/C30H28N8O2/c1-38(2)14-4-7-28(39)36-23-10-8-20(9-11-23)30(40)37-25-6-3-5-24(16-25)35-27-17-26(33-19-34-27)22-15-21-12-13-31-29(21)32-18-22/h3-13,15-19H,14H2,1-2H3,(H,31,32)(H,36,39)(H,37,40)(H,33,34,35)/b7-4+. The predicted molar refractivity (Wildman–Crippen MR) is 158 cm³/mol. The van der Waals surface area contributed by atoms with Gasteiger partial charge in [0, 0.05) is 64.7 Å². The van der Waals surface area contributed by atoms with Crippen LogP contribution in [0.5, 0.6) is 0 Å². The van der Waals surface area contributed by atoms with Gasteiger partial charge in [-0.3, -0.25) is 9.59 Å². The number of carbonyl (C=O) groups excluding carboxylic acids is 2. The highest BCUT2D eigenvalue weighted by Gasteiger charge is 2.09. The molecule has 2 amide bonds. The molecule has 10 heteroatoms. The van der Waals surface area contributed by atoms with Crippen LogP contribution in [0, 0.1) is 0 Å². The maximum absolute atomic E-state index is 12.8. The molecule has 0 bridgehead atoms. The van der Waals surface area contributed by atoms with Crippen molar-refractivity contribution in [2.24, 2.45) is 0 Å². The Kier molecular flexibility index (Phi) is 7.89. The lowest BCUT2D eigenvalue weighted by atomic mass is 10.1. The summed E-state index contributed by atoms with van der Waals surface area (Å²) in [5, 5.41) is 9.96. The quantitative estimate of drug-likeness (QED) is 0.195. The van der Waals surface area contributed by atoms with Crippen molar-refractivity contribution in [3.63, 3.8) is 0 Å². The van der Waals surface area contributed by atoms with Crippen LogP contribution in [0.15, 0.2) is 97.6 Å². The molecule has 5 rings (SSSR count). The lowest BCUT2D eigenvalue weighted by Crippen LogP contribution is -2.13. The van der Waals surface area contributed by atoms with Crippen LogP contribution in [0.25, 0.3) is 22.3 Å². The molecular formula is C30H28N8O2. The molecule has 0 saturated carbocycles. The molecule has 5 aromatic rings. The number of nitrogens with zero attached hydrogens (tertiary/aromatic N) is 4. The number of hydrogen-bond donors (Lipinski definition) is 4. The summed E-state index contributed by atoms with van der Waals surface area (Å²) in [7, 11) is 3.86. The molecule has 4 N–H and O–H groups in total. The topological polar surface area (TPSA) is 128 Å². The summed E-state index contributed by atoms with van der Waals surface area (Å²) in [6.07, 6.45) is 8.39. The fourth-order valence-electron chi connectivity index (χ4n) is 3.95. The number of pyridine rings is 1. The van der Waals surface area contributed by atoms with Crippen LogP contribution in [0.3, 0.4) is 0 Å². The van der Waals surface area contributed by atoms with Crippen LogP contribution in [0.1, 0.15) is 10.4 Å². The molecule has 0 atom stereocenters. The lowest BCUT2D eigenvalue weighted by Gasteiger charge is -2.10. The molecule has 3 aromatic heterocycles. The van der Waals surface area contributed by atoms with Gasteiger partial charge in [0.25, 0.3) is 5.91 Å². The highest BCUT2D eigenvalue weighted by Crippen LogP contribution is 2.24. The number of hydrogen-bond acceptors (Lipinski definition) is 7. The van der Waals surface area contributed by atoms with Gasteiger partial charge in [0.1, 0.15) is 17.8 Å². The number of anilines is 4. The van der Waals surface area contributed by atoms with Gasteiger partial charge >= 0.3 is 0 Å². The summed E-state index contributed by atoms with van der Waals surface area (Å²) in [4.78, 5) is 43.1. The van der Waals surface area contributed by atoms with E-state index in [-0.39, 0.29) is 11.8 Å². The van der Waals surface area contributed by atoms with Gasteiger partial charge in [0.2, 0.25) is 5.91 Å². The molecule has 0 spiro atoms. The van der Waals surface area contributed by atoms with E-state index in [9.17, 15) is 9.59 Å². The number of likely N-dealkylation sites (N-methyl/N-ethyl adjacent to an activating group) is 1. The Morgan fingerprint density at radius 2 is 1.73 bits per heavy atom. The number of nitrogens with one attached hydrogen (secondary N) is 4. The summed E-state index contributed by atoms with van der Waals surface area (Å²) in [5.41, 5.74) is 4.88. The first-order valence-electron chi connectivity index (χ1n) is 12.6. The van der Waals surface area contributed by atoms with E-state index in [4.69, 9.17) is 0 Å². The van der Waals surface area contributed by atoms with E-state index in [1.54, 1.807) is 42.6 Å². The number of H-pyrrole nitrogens is 1. The van der Waals surface area contributed by atoms with Crippen molar-refractivity contribution in [3.8, 4) is 11.3 Å². The summed E-state index contributed by atoms with van der Waals surface area (Å²) in [5.74, 6) is 0.118. The van der Waals surface area contributed by atoms with Gasteiger partial charge in [-0.15, -0.1) is 0 Å². The SMILES string of the molecule is CN(C)C/C=C/C(=O)Nc1ccc(C(=O)Nc2cccc(Nc3cc(-c4cnc5[nH]ccc5c4)ncn3)c2)cc1. The van der Waals surface area contributed by atoms with Gasteiger partial charge in [-0.05, 0) is 68.7 Å². The minimum atomic E-state index is -0.266. The average molecular weight is 533 g/mol. The molecule has 10 nitrogen and oxygen atoms in total. The third kappa shape index (κ3) is 6.74. The van der Waals surface area contributed by atoms with Crippen LogP contribution in [-0.2, 0) is 4.79 Å². The second-order valence-corrected chi connectivity index (χ2v) is 9.32. The van der Waals surface area contributed by atoms with E-state index >= 15 is 0 Å². The van der Waals surface area contributed by atoms with Crippen molar-refractivity contribution in [1.82, 2.24) is 24.8 Å². The van der Waals surface area contributed by atoms with Gasteiger partial charge in [0.15, 0.2) is 0 Å². The Balaban J connectivity index is 1.21. The number of rotatable bonds is 9. The van der Waals surface area contributed by atoms with Crippen molar-refractivity contribution < 1.29 is 9.59 Å². The van der Waals surface area contributed by atoms with Crippen LogP contribution in [0.2, 0.25) is 0 Å². The highest BCUT2D eigenvalue weighted by molar-refractivity contribution is 6.05. The Labute approximate surface area is 231 Å². The third-order valence-electron chi connectivity index (χ3n) is 5.91. The molecule has 0 aliphatic carbocycles. The maximum atomic E-state index is 12.8. The van der Waals surface area contributed by atoms with Crippen LogP contribution < -0.4 is 16.0 Å². The van der Waals surface area contributed by atoms with Crippen LogP contribution in [-0.4, -0.2) is 57.3 Å². The van der Waals surface area contributed by atoms with E-state index in [0.717, 1.165) is 28.0 Å². The monoisotopic (exact) mass is 532 g/mol. The van der Waals surface area contributed by atoms with Gasteiger partial charge in [-0.25, -0.2) is 15.0 Å². The Hall–Kier alpha value is -5.35. The molecule has 0 aliphatic heterocycles. The van der Waals surface area contributed by atoms with E-state index in [1.165, 1.54) is 12.4 Å². The second-order valence-electron chi connectivity index (χ2n) is 9.32. The number of fused-ring (bicyclic) bond motifs is 1. The van der Waals surface area contributed by atoms with Gasteiger partial charge in [0.05, 0.1) is 5.69 Å². The Bertz CT molecular complexity index is 1680. The normalized spacial score (nSPS) is 11.2. The van der Waals surface area contributed by atoms with Crippen molar-refractivity contribution in [2.75, 3.05) is 36.6 Å². The molecular weight excluding hydrogens is 504 g/mol. The molecule has 0 radical (unpaired) electrons. The summed E-state index contributed by atoms with van der Waals surface area (Å²) in [6.45, 7) is 0.673. The van der Waals surface area contributed by atoms with E-state index in [0.29, 0.717) is 29.3 Å². The first-order valence-corrected chi connectivity index (χ1v) is 12.6. The Morgan fingerprint density at radius 3 is 2.55 bits per heavy atom. The summed E-state index contributed by atoms with van der Waals surface area (Å²) in [6, 6.07) is 19.9. The van der Waals surface area contributed by atoms with Crippen molar-refractivity contribution in [2.45, 2.75) is 0 Å². The van der Waals surface area contributed by atoms with E-state index in [2.05, 4.69) is 35.9 Å². The average Bonchev–Trinajstić information content (AvgIpc) is 3.42. The zero-order valence-corrected chi connectivity index (χ0v) is 22.1. The first-order chi connectivity index (χ1) is 19.4. The largest absolute Gasteiger partial charge is 0.346 e. The molecule has 0 fully saturated rings. The number of aromatic nitrogens is 4. The lowest BCUT2D eigenvalue weighted by molar-refractivity contribution is -0.111. The number of amides is 2. The smallest absolute Gasteiger partial charge is 0.255 e. The van der Waals surface area contributed by atoms with Crippen molar-refractivity contribution in [3.05, 3.63) is 103 Å². The molecule has 2 aromatic carbocycles. The number of aromatic amines is 1. The van der Waals surface area contributed by atoms with Crippen molar-refractivity contribution in [1.29, 1.82) is 0 Å². The molecule has 3 heterocycles. The maximum Gasteiger partial charge on any atom is 0.255 e. The number of benzene rings is 2. The van der Waals surface area contributed by atoms with Gasteiger partial charge in [-0.2, -0.15) is 0 Å². The fraction of sp³-hybridized carbons (Fsp3) is 0.100. The van der Waals surface area contributed by atoms with Gasteiger partial charge in [-0.1, -0.05) is 12.1 Å². The highest BCUT2D eigenvalue weighted by atomic mass is 16.2. The summed E-state index contributed by atoms with van der Waals surface area (Å²) < 4.78 is 0. The van der Waals surface area contributed by atoms with Crippen LogP contribution in [0.4, 0.5) is 22.9 Å². The zero-order valence-electron chi connectivity index (χ0n) is 22.1. The summed E-state index contributed by atoms with van der Waals surface area (Å²) >= 11 is 0. The fourth-order valence-corrected chi connectivity index (χ4v) is 3.95. The molecule has 40 heavy (non-hydrogen) atoms. The van der Waals surface area contributed by atoms with E-state index < -0.39 is 0 Å². The first kappa shape index (κ1) is 26.3. The zero-order chi connectivity index (χ0) is 27.9. The molecule has 200 valence electrons. The third-order valence-corrected chi connectivity index (χ3v) is 5.91. The molecule has 0 unspecified atom stereocenters. The molecule has 0 aliphatic rings. The van der Waals surface area contributed by atoms with Crippen LogP contribution >= 0.6 is 0 Å².